The predicted octanol–water partition coefficient (Wildman–Crippen LogP) is 3.49. The molecule has 106 valence electrons. The van der Waals surface area contributed by atoms with Gasteiger partial charge in [-0.3, -0.25) is 0 Å². The fraction of sp³-hybridized carbons (Fsp3) is 0.0714. The number of hydrogen-bond acceptors (Lipinski definition) is 4. The number of methoxy groups -OCH3 is 1. The monoisotopic (exact) mass is 321 g/mol. The Bertz CT molecular complexity index is 845. The lowest BCUT2D eigenvalue weighted by Crippen LogP contribution is -2.04. The van der Waals surface area contributed by atoms with Crippen LogP contribution in [-0.4, -0.2) is 27.7 Å². The van der Waals surface area contributed by atoms with Crippen LogP contribution in [0.5, 0.6) is 0 Å². The summed E-state index contributed by atoms with van der Waals surface area (Å²) in [6, 6.07) is 8.38. The number of esters is 1. The van der Waals surface area contributed by atoms with Crippen LogP contribution in [0.4, 0.5) is 0 Å². The third-order valence-electron chi connectivity index (χ3n) is 2.94. The van der Waals surface area contributed by atoms with Crippen LogP contribution in [0, 0.1) is 0 Å². The van der Waals surface area contributed by atoms with Crippen LogP contribution in [0.3, 0.4) is 0 Å². The number of rotatable bonds is 2. The summed E-state index contributed by atoms with van der Waals surface area (Å²) in [5.41, 5.74) is 1.38. The van der Waals surface area contributed by atoms with Gasteiger partial charge in [0.1, 0.15) is 5.56 Å². The molecule has 2 heterocycles. The topological polar surface area (TPSA) is 56.5 Å². The molecular formula is C14H9Cl2N3O2. The van der Waals surface area contributed by atoms with E-state index in [9.17, 15) is 4.79 Å². The van der Waals surface area contributed by atoms with Crippen molar-refractivity contribution >= 4 is 34.8 Å². The van der Waals surface area contributed by atoms with E-state index in [1.165, 1.54) is 11.6 Å². The molecule has 0 unspecified atom stereocenters. The third-order valence-corrected chi connectivity index (χ3v) is 3.49. The maximum absolute atomic E-state index is 11.7. The number of nitrogens with zero attached hydrogens (tertiary/aromatic N) is 3. The van der Waals surface area contributed by atoms with Crippen molar-refractivity contribution in [3.63, 3.8) is 0 Å². The van der Waals surface area contributed by atoms with Crippen molar-refractivity contribution in [2.75, 3.05) is 7.11 Å². The Morgan fingerprint density at radius 2 is 2.10 bits per heavy atom. The van der Waals surface area contributed by atoms with E-state index in [1.54, 1.807) is 36.5 Å². The second-order valence-electron chi connectivity index (χ2n) is 4.24. The molecule has 0 spiro atoms. The summed E-state index contributed by atoms with van der Waals surface area (Å²) in [6.45, 7) is 0. The van der Waals surface area contributed by atoms with Gasteiger partial charge in [0.2, 0.25) is 0 Å². The molecule has 0 aliphatic rings. The van der Waals surface area contributed by atoms with E-state index in [0.29, 0.717) is 32.6 Å². The van der Waals surface area contributed by atoms with Crippen molar-refractivity contribution in [2.45, 2.75) is 0 Å². The van der Waals surface area contributed by atoms with Gasteiger partial charge in [-0.25, -0.2) is 14.3 Å². The summed E-state index contributed by atoms with van der Waals surface area (Å²) in [5, 5.41) is 5.29. The van der Waals surface area contributed by atoms with Crippen molar-refractivity contribution < 1.29 is 9.53 Å². The lowest BCUT2D eigenvalue weighted by molar-refractivity contribution is 0.0602. The Labute approximate surface area is 130 Å². The zero-order valence-electron chi connectivity index (χ0n) is 10.9. The molecule has 0 fully saturated rings. The molecule has 1 aromatic carbocycles. The van der Waals surface area contributed by atoms with Gasteiger partial charge >= 0.3 is 5.97 Å². The zero-order chi connectivity index (χ0) is 15.0. The van der Waals surface area contributed by atoms with Crippen LogP contribution in [0.25, 0.3) is 17.0 Å². The Balaban J connectivity index is 2.19. The summed E-state index contributed by atoms with van der Waals surface area (Å²) in [7, 11) is 1.32. The maximum atomic E-state index is 11.7. The smallest absolute Gasteiger partial charge is 0.341 e. The first kappa shape index (κ1) is 13.9. The number of ether oxygens (including phenoxy) is 1. The van der Waals surface area contributed by atoms with Crippen LogP contribution in [0.2, 0.25) is 10.0 Å². The van der Waals surface area contributed by atoms with Gasteiger partial charge in [-0.1, -0.05) is 23.2 Å². The number of halogens is 2. The highest BCUT2D eigenvalue weighted by Gasteiger charge is 2.16. The number of hydrogen-bond donors (Lipinski definition) is 0. The fourth-order valence-corrected chi connectivity index (χ4v) is 2.45. The quantitative estimate of drug-likeness (QED) is 0.678. The van der Waals surface area contributed by atoms with Gasteiger partial charge in [-0.05, 0) is 30.3 Å². The zero-order valence-corrected chi connectivity index (χ0v) is 12.4. The highest BCUT2D eigenvalue weighted by molar-refractivity contribution is 6.36. The van der Waals surface area contributed by atoms with E-state index in [4.69, 9.17) is 27.9 Å². The minimum absolute atomic E-state index is 0.337. The molecule has 0 N–H and O–H groups in total. The van der Waals surface area contributed by atoms with Crippen molar-refractivity contribution in [3.8, 4) is 11.4 Å². The van der Waals surface area contributed by atoms with Gasteiger partial charge in [0.05, 0.1) is 12.1 Å². The van der Waals surface area contributed by atoms with E-state index >= 15 is 0 Å². The Hall–Kier alpha value is -2.11. The number of benzene rings is 1. The van der Waals surface area contributed by atoms with Crippen molar-refractivity contribution in [3.05, 3.63) is 52.1 Å². The van der Waals surface area contributed by atoms with Crippen molar-refractivity contribution in [1.82, 2.24) is 14.6 Å². The van der Waals surface area contributed by atoms with E-state index in [2.05, 4.69) is 10.1 Å². The first-order valence-electron chi connectivity index (χ1n) is 5.99. The molecule has 21 heavy (non-hydrogen) atoms. The van der Waals surface area contributed by atoms with E-state index in [1.807, 2.05) is 0 Å². The summed E-state index contributed by atoms with van der Waals surface area (Å²) in [5.74, 6) is -0.0604. The number of fused-ring (bicyclic) bond motifs is 1. The number of aromatic nitrogens is 3. The molecule has 3 rings (SSSR count). The molecule has 0 atom stereocenters. The molecule has 2 aromatic heterocycles. The van der Waals surface area contributed by atoms with Crippen molar-refractivity contribution in [2.24, 2.45) is 0 Å². The minimum atomic E-state index is -0.471. The average molecular weight is 322 g/mol. The summed E-state index contributed by atoms with van der Waals surface area (Å²) in [4.78, 5) is 16.1. The second kappa shape index (κ2) is 5.35. The number of carbonyl (C=O) groups excluding carboxylic acids is 1. The largest absolute Gasteiger partial charge is 0.465 e. The van der Waals surface area contributed by atoms with E-state index < -0.39 is 5.97 Å². The van der Waals surface area contributed by atoms with Gasteiger partial charge in [-0.15, -0.1) is 5.10 Å². The van der Waals surface area contributed by atoms with E-state index in [0.717, 1.165) is 0 Å². The fourth-order valence-electron chi connectivity index (χ4n) is 1.96. The SMILES string of the molecule is COC(=O)c1cccn2nc(-c3ccc(Cl)cc3Cl)nc12. The first-order chi connectivity index (χ1) is 10.1. The minimum Gasteiger partial charge on any atom is -0.465 e. The third kappa shape index (κ3) is 2.46. The van der Waals surface area contributed by atoms with Crippen LogP contribution in [0.15, 0.2) is 36.5 Å². The van der Waals surface area contributed by atoms with Crippen LogP contribution in [-0.2, 0) is 4.74 Å². The summed E-state index contributed by atoms with van der Waals surface area (Å²) in [6.07, 6.45) is 1.70. The van der Waals surface area contributed by atoms with Gasteiger partial charge in [0, 0.05) is 16.8 Å². The summed E-state index contributed by atoms with van der Waals surface area (Å²) >= 11 is 12.0. The highest BCUT2D eigenvalue weighted by Crippen LogP contribution is 2.28. The molecule has 0 bridgehead atoms. The molecule has 0 aliphatic carbocycles. The number of carbonyl (C=O) groups is 1. The average Bonchev–Trinajstić information content (AvgIpc) is 2.89. The second-order valence-corrected chi connectivity index (χ2v) is 5.08. The molecule has 7 heteroatoms. The van der Waals surface area contributed by atoms with Crippen LogP contribution >= 0.6 is 23.2 Å². The van der Waals surface area contributed by atoms with Gasteiger partial charge in [0.15, 0.2) is 11.5 Å². The van der Waals surface area contributed by atoms with E-state index in [-0.39, 0.29) is 0 Å². The molecule has 5 nitrogen and oxygen atoms in total. The van der Waals surface area contributed by atoms with Crippen LogP contribution < -0.4 is 0 Å². The molecule has 0 aliphatic heterocycles. The van der Waals surface area contributed by atoms with Crippen molar-refractivity contribution in [1.29, 1.82) is 0 Å². The molecule has 3 aromatic rings. The highest BCUT2D eigenvalue weighted by atomic mass is 35.5. The normalized spacial score (nSPS) is 10.8. The predicted molar refractivity (Wildman–Crippen MR) is 79.8 cm³/mol. The molecule has 0 saturated heterocycles. The van der Waals surface area contributed by atoms with Crippen LogP contribution in [0.1, 0.15) is 10.4 Å². The Morgan fingerprint density at radius 3 is 2.81 bits per heavy atom. The first-order valence-corrected chi connectivity index (χ1v) is 6.75. The number of pyridine rings is 1. The summed E-state index contributed by atoms with van der Waals surface area (Å²) < 4.78 is 6.24. The van der Waals surface area contributed by atoms with Gasteiger partial charge in [0.25, 0.3) is 0 Å². The lowest BCUT2D eigenvalue weighted by Gasteiger charge is -1.99. The van der Waals surface area contributed by atoms with Gasteiger partial charge in [-0.2, -0.15) is 0 Å². The molecule has 0 amide bonds. The standard InChI is InChI=1S/C14H9Cl2N3O2/c1-21-14(20)10-3-2-6-19-13(10)17-12(18-19)9-5-4-8(15)7-11(9)16/h2-7H,1H3. The lowest BCUT2D eigenvalue weighted by atomic mass is 10.2. The molecular weight excluding hydrogens is 313 g/mol. The maximum Gasteiger partial charge on any atom is 0.341 e. The Morgan fingerprint density at radius 1 is 1.29 bits per heavy atom. The Kier molecular flexibility index (Phi) is 3.53. The molecule has 0 radical (unpaired) electrons. The van der Waals surface area contributed by atoms with Gasteiger partial charge < -0.3 is 4.74 Å². The molecule has 0 saturated carbocycles.